The van der Waals surface area contributed by atoms with Gasteiger partial charge in [-0.15, -0.1) is 0 Å². The zero-order chi connectivity index (χ0) is 16.4. The van der Waals surface area contributed by atoms with Crippen molar-refractivity contribution in [3.05, 3.63) is 71.5 Å². The molecule has 0 amide bonds. The number of aliphatic carboxylic acids is 1. The van der Waals surface area contributed by atoms with Crippen molar-refractivity contribution >= 4 is 11.7 Å². The van der Waals surface area contributed by atoms with Crippen molar-refractivity contribution in [2.45, 2.75) is 19.5 Å². The van der Waals surface area contributed by atoms with Crippen LogP contribution in [-0.2, 0) is 11.3 Å². The molecule has 2 aromatic carbocycles. The molecule has 0 spiro atoms. The van der Waals surface area contributed by atoms with Crippen molar-refractivity contribution in [3.63, 3.8) is 0 Å². The number of hydrogen-bond donors (Lipinski definition) is 1. The molecule has 4 nitrogen and oxygen atoms in total. The first-order valence-corrected chi connectivity index (χ1v) is 7.41. The summed E-state index contributed by atoms with van der Waals surface area (Å²) in [5.41, 5.74) is 1.84. The Labute approximate surface area is 133 Å². The Bertz CT molecular complexity index is 746. The molecule has 118 valence electrons. The quantitative estimate of drug-likeness (QED) is 0.940. The molecular weight excluding hydrogens is 295 g/mol. The van der Waals surface area contributed by atoms with Gasteiger partial charge in [-0.3, -0.25) is 9.80 Å². The number of benzene rings is 2. The first-order chi connectivity index (χ1) is 11.1. The van der Waals surface area contributed by atoms with Crippen LogP contribution in [0.1, 0.15) is 24.1 Å². The minimum absolute atomic E-state index is 0.358. The van der Waals surface area contributed by atoms with E-state index >= 15 is 0 Å². The lowest BCUT2D eigenvalue weighted by atomic mass is 9.90. The SMILES string of the molecule is CC1=NN(Cc2ccccc2)C(c2ccccc2F)C1C(=O)O. The van der Waals surface area contributed by atoms with Crippen LogP contribution in [0.25, 0.3) is 0 Å². The van der Waals surface area contributed by atoms with Gasteiger partial charge in [-0.05, 0) is 18.6 Å². The third-order valence-electron chi connectivity index (χ3n) is 4.05. The van der Waals surface area contributed by atoms with E-state index in [0.29, 0.717) is 17.8 Å². The van der Waals surface area contributed by atoms with Crippen LogP contribution in [-0.4, -0.2) is 21.8 Å². The molecule has 0 saturated heterocycles. The molecule has 23 heavy (non-hydrogen) atoms. The minimum atomic E-state index is -0.991. The van der Waals surface area contributed by atoms with Gasteiger partial charge in [0.25, 0.3) is 0 Å². The van der Waals surface area contributed by atoms with Crippen LogP contribution in [0, 0.1) is 11.7 Å². The molecular formula is C18H17FN2O2. The maximum atomic E-state index is 14.2. The molecule has 0 aliphatic carbocycles. The van der Waals surface area contributed by atoms with Crippen LogP contribution < -0.4 is 0 Å². The normalized spacial score (nSPS) is 20.4. The predicted molar refractivity (Wildman–Crippen MR) is 85.4 cm³/mol. The molecule has 3 rings (SSSR count). The molecule has 1 N–H and O–H groups in total. The fourth-order valence-corrected chi connectivity index (χ4v) is 3.00. The molecule has 2 unspecified atom stereocenters. The molecule has 2 atom stereocenters. The van der Waals surface area contributed by atoms with Crippen molar-refractivity contribution in [3.8, 4) is 0 Å². The monoisotopic (exact) mass is 312 g/mol. The van der Waals surface area contributed by atoms with Crippen molar-refractivity contribution < 1.29 is 14.3 Å². The summed E-state index contributed by atoms with van der Waals surface area (Å²) in [7, 11) is 0. The molecule has 0 bridgehead atoms. The lowest BCUT2D eigenvalue weighted by Crippen LogP contribution is -2.31. The van der Waals surface area contributed by atoms with Crippen molar-refractivity contribution in [1.29, 1.82) is 0 Å². The van der Waals surface area contributed by atoms with E-state index in [2.05, 4.69) is 5.10 Å². The van der Waals surface area contributed by atoms with Crippen LogP contribution in [0.5, 0.6) is 0 Å². The zero-order valence-electron chi connectivity index (χ0n) is 12.7. The molecule has 0 saturated carbocycles. The summed E-state index contributed by atoms with van der Waals surface area (Å²) in [6.45, 7) is 2.11. The van der Waals surface area contributed by atoms with Gasteiger partial charge in [-0.2, -0.15) is 5.10 Å². The van der Waals surface area contributed by atoms with Crippen LogP contribution in [0.2, 0.25) is 0 Å². The Kier molecular flexibility index (Phi) is 4.10. The van der Waals surface area contributed by atoms with Crippen LogP contribution in [0.3, 0.4) is 0 Å². The van der Waals surface area contributed by atoms with E-state index in [-0.39, 0.29) is 0 Å². The number of carboxylic acid groups (broad SMARTS) is 1. The van der Waals surface area contributed by atoms with Gasteiger partial charge < -0.3 is 5.11 Å². The summed E-state index contributed by atoms with van der Waals surface area (Å²) >= 11 is 0. The van der Waals surface area contributed by atoms with Gasteiger partial charge in [-0.25, -0.2) is 4.39 Å². The topological polar surface area (TPSA) is 52.9 Å². The predicted octanol–water partition coefficient (Wildman–Crippen LogP) is 3.46. The number of rotatable bonds is 4. The van der Waals surface area contributed by atoms with Gasteiger partial charge in [0.15, 0.2) is 0 Å². The first kappa shape index (κ1) is 15.2. The Morgan fingerprint density at radius 3 is 2.48 bits per heavy atom. The van der Waals surface area contributed by atoms with E-state index in [1.807, 2.05) is 30.3 Å². The average Bonchev–Trinajstić information content (AvgIpc) is 2.85. The molecule has 1 heterocycles. The van der Waals surface area contributed by atoms with E-state index in [4.69, 9.17) is 0 Å². The van der Waals surface area contributed by atoms with Crippen LogP contribution in [0.15, 0.2) is 59.7 Å². The largest absolute Gasteiger partial charge is 0.481 e. The van der Waals surface area contributed by atoms with Gasteiger partial charge in [0.05, 0.1) is 18.3 Å². The second-order valence-electron chi connectivity index (χ2n) is 5.61. The smallest absolute Gasteiger partial charge is 0.314 e. The average molecular weight is 312 g/mol. The van der Waals surface area contributed by atoms with Gasteiger partial charge in [-0.1, -0.05) is 48.5 Å². The molecule has 0 aromatic heterocycles. The van der Waals surface area contributed by atoms with E-state index in [1.54, 1.807) is 30.1 Å². The highest BCUT2D eigenvalue weighted by Crippen LogP contribution is 2.38. The summed E-state index contributed by atoms with van der Waals surface area (Å²) < 4.78 is 14.2. The summed E-state index contributed by atoms with van der Waals surface area (Å²) in [5, 5.41) is 15.6. The molecule has 1 aliphatic heterocycles. The van der Waals surface area contributed by atoms with E-state index in [1.165, 1.54) is 6.07 Å². The highest BCUT2D eigenvalue weighted by Gasteiger charge is 2.42. The fraction of sp³-hybridized carbons (Fsp3) is 0.222. The lowest BCUT2D eigenvalue weighted by molar-refractivity contribution is -0.140. The number of hydrazone groups is 1. The third kappa shape index (κ3) is 2.95. The Morgan fingerprint density at radius 1 is 1.17 bits per heavy atom. The number of nitrogens with zero attached hydrogens (tertiary/aromatic N) is 2. The van der Waals surface area contributed by atoms with Crippen molar-refractivity contribution in [2.24, 2.45) is 11.0 Å². The standard InChI is InChI=1S/C18H17FN2O2/c1-12-16(18(22)23)17(14-9-5-6-10-15(14)19)21(20-12)11-13-7-3-2-4-8-13/h2-10,16-17H,11H2,1H3,(H,22,23). The zero-order valence-corrected chi connectivity index (χ0v) is 12.7. The minimum Gasteiger partial charge on any atom is -0.481 e. The van der Waals surface area contributed by atoms with Gasteiger partial charge in [0, 0.05) is 5.56 Å². The maximum absolute atomic E-state index is 14.2. The van der Waals surface area contributed by atoms with Crippen molar-refractivity contribution in [1.82, 2.24) is 5.01 Å². The number of halogens is 1. The molecule has 1 aliphatic rings. The highest BCUT2D eigenvalue weighted by atomic mass is 19.1. The Morgan fingerprint density at radius 2 is 1.83 bits per heavy atom. The molecule has 0 fully saturated rings. The third-order valence-corrected chi connectivity index (χ3v) is 4.05. The van der Waals surface area contributed by atoms with E-state index < -0.39 is 23.7 Å². The number of carboxylic acids is 1. The second kappa shape index (κ2) is 6.20. The summed E-state index contributed by atoms with van der Waals surface area (Å²) in [6, 6.07) is 15.3. The summed E-state index contributed by atoms with van der Waals surface area (Å²) in [6.07, 6.45) is 0. The van der Waals surface area contributed by atoms with E-state index in [9.17, 15) is 14.3 Å². The van der Waals surface area contributed by atoms with Crippen LogP contribution in [0.4, 0.5) is 4.39 Å². The summed E-state index contributed by atoms with van der Waals surface area (Å²) in [5.74, 6) is -2.25. The maximum Gasteiger partial charge on any atom is 0.314 e. The highest BCUT2D eigenvalue weighted by molar-refractivity contribution is 6.02. The molecule has 5 heteroatoms. The number of carbonyl (C=O) groups is 1. The molecule has 2 aromatic rings. The molecule has 0 radical (unpaired) electrons. The van der Waals surface area contributed by atoms with E-state index in [0.717, 1.165) is 5.56 Å². The Hall–Kier alpha value is -2.69. The lowest BCUT2D eigenvalue weighted by Gasteiger charge is -2.27. The van der Waals surface area contributed by atoms with Gasteiger partial charge in [0.1, 0.15) is 11.7 Å². The summed E-state index contributed by atoms with van der Waals surface area (Å²) in [4.78, 5) is 11.7. The second-order valence-corrected chi connectivity index (χ2v) is 5.61. The number of hydrogen-bond acceptors (Lipinski definition) is 3. The Balaban J connectivity index is 2.00. The van der Waals surface area contributed by atoms with Crippen molar-refractivity contribution in [2.75, 3.05) is 0 Å². The van der Waals surface area contributed by atoms with Crippen LogP contribution >= 0.6 is 0 Å². The first-order valence-electron chi connectivity index (χ1n) is 7.41. The van der Waals surface area contributed by atoms with Gasteiger partial charge >= 0.3 is 5.97 Å². The van der Waals surface area contributed by atoms with Gasteiger partial charge in [0.2, 0.25) is 0 Å². The fourth-order valence-electron chi connectivity index (χ4n) is 3.00.